The third-order valence-electron chi connectivity index (χ3n) is 3.84. The number of benzene rings is 1. The summed E-state index contributed by atoms with van der Waals surface area (Å²) in [7, 11) is 0. The van der Waals surface area contributed by atoms with Gasteiger partial charge in [0.05, 0.1) is 12.2 Å². The summed E-state index contributed by atoms with van der Waals surface area (Å²) < 4.78 is 11.2. The first kappa shape index (κ1) is 16.1. The average Bonchev–Trinajstić information content (AvgIpc) is 3.34. The summed E-state index contributed by atoms with van der Waals surface area (Å²) in [6.07, 6.45) is 1.93. The molecule has 1 aliphatic carbocycles. The van der Waals surface area contributed by atoms with E-state index in [1.165, 1.54) is 0 Å². The predicted octanol–water partition coefficient (Wildman–Crippen LogP) is 2.33. The molecule has 124 valence electrons. The van der Waals surface area contributed by atoms with Crippen molar-refractivity contribution in [2.75, 3.05) is 13.2 Å². The lowest BCUT2D eigenvalue weighted by molar-refractivity contribution is 0.0671. The monoisotopic (exact) mass is 326 g/mol. The molecular weight excluding hydrogens is 308 g/mol. The summed E-state index contributed by atoms with van der Waals surface area (Å²) in [6.45, 7) is 0.380. The van der Waals surface area contributed by atoms with Crippen LogP contribution in [0.25, 0.3) is 0 Å². The lowest BCUT2D eigenvalue weighted by Crippen LogP contribution is -2.35. The van der Waals surface area contributed by atoms with Crippen molar-refractivity contribution < 1.29 is 19.1 Å². The molecule has 3 rings (SSSR count). The third-order valence-corrected chi connectivity index (χ3v) is 3.84. The Morgan fingerprint density at radius 1 is 1.33 bits per heavy atom. The molecule has 6 heteroatoms. The third kappa shape index (κ3) is 3.58. The summed E-state index contributed by atoms with van der Waals surface area (Å²) in [4.78, 5) is 14.1. The fourth-order valence-electron chi connectivity index (χ4n) is 2.49. The van der Waals surface area contributed by atoms with E-state index < -0.39 is 0 Å². The lowest BCUT2D eigenvalue weighted by atomic mass is 10.2. The number of amides is 1. The van der Waals surface area contributed by atoms with E-state index in [0.29, 0.717) is 23.6 Å². The molecule has 0 radical (unpaired) electrons. The van der Waals surface area contributed by atoms with Crippen LogP contribution in [-0.4, -0.2) is 35.1 Å². The minimum absolute atomic E-state index is 0.0656. The maximum Gasteiger partial charge on any atom is 0.289 e. The Kier molecular flexibility index (Phi) is 4.82. The Hall–Kier alpha value is -2.78. The van der Waals surface area contributed by atoms with Gasteiger partial charge in [-0.05, 0) is 37.1 Å². The second-order valence-electron chi connectivity index (χ2n) is 5.62. The first-order valence-electron chi connectivity index (χ1n) is 7.85. The molecule has 6 nitrogen and oxygen atoms in total. The first-order valence-corrected chi connectivity index (χ1v) is 7.85. The van der Waals surface area contributed by atoms with Crippen molar-refractivity contribution >= 4 is 5.91 Å². The number of hydrogen-bond donors (Lipinski definition) is 1. The smallest absolute Gasteiger partial charge is 0.289 e. The quantitative estimate of drug-likeness (QED) is 0.844. The molecule has 1 aromatic heterocycles. The van der Waals surface area contributed by atoms with E-state index in [4.69, 9.17) is 19.5 Å². The number of para-hydroxylation sites is 1. The number of rotatable bonds is 7. The standard InChI is InChI=1S/C18H18N2O4/c19-11-13-3-1-2-4-16(13)23-12-15-7-8-17(24-15)18(22)20(9-10-21)14-5-6-14/h1-4,7-8,14,21H,5-6,9-10,12H2. The molecule has 1 saturated carbocycles. The molecule has 0 bridgehead atoms. The van der Waals surface area contributed by atoms with Gasteiger partial charge in [-0.25, -0.2) is 0 Å². The van der Waals surface area contributed by atoms with Gasteiger partial charge in [0.2, 0.25) is 0 Å². The van der Waals surface area contributed by atoms with E-state index in [9.17, 15) is 4.79 Å². The SMILES string of the molecule is N#Cc1ccccc1OCc1ccc(C(=O)N(CCO)C2CC2)o1. The number of furan rings is 1. The Morgan fingerprint density at radius 2 is 2.12 bits per heavy atom. The fourth-order valence-corrected chi connectivity index (χ4v) is 2.49. The van der Waals surface area contributed by atoms with Crippen LogP contribution in [0.4, 0.5) is 0 Å². The van der Waals surface area contributed by atoms with Crippen molar-refractivity contribution in [3.8, 4) is 11.8 Å². The van der Waals surface area contributed by atoms with Crippen LogP contribution < -0.4 is 4.74 Å². The number of carbonyl (C=O) groups excluding carboxylic acids is 1. The summed E-state index contributed by atoms with van der Waals surface area (Å²) in [5.74, 6) is 1.01. The molecule has 1 N–H and O–H groups in total. The van der Waals surface area contributed by atoms with Gasteiger partial charge < -0.3 is 19.2 Å². The lowest BCUT2D eigenvalue weighted by Gasteiger charge is -2.19. The molecule has 0 aliphatic heterocycles. The maximum atomic E-state index is 12.4. The Labute approximate surface area is 139 Å². The van der Waals surface area contributed by atoms with Crippen molar-refractivity contribution in [3.05, 3.63) is 53.5 Å². The Bertz CT molecular complexity index is 758. The highest BCUT2D eigenvalue weighted by atomic mass is 16.5. The molecule has 0 saturated heterocycles. The Balaban J connectivity index is 1.65. The molecular formula is C18H18N2O4. The van der Waals surface area contributed by atoms with Crippen LogP contribution in [0, 0.1) is 11.3 Å². The molecule has 0 spiro atoms. The zero-order chi connectivity index (χ0) is 16.9. The van der Waals surface area contributed by atoms with Gasteiger partial charge in [-0.3, -0.25) is 4.79 Å². The van der Waals surface area contributed by atoms with Gasteiger partial charge in [0.25, 0.3) is 5.91 Å². The van der Waals surface area contributed by atoms with E-state index in [1.54, 1.807) is 41.3 Å². The van der Waals surface area contributed by atoms with Crippen LogP contribution in [0.15, 0.2) is 40.8 Å². The van der Waals surface area contributed by atoms with Gasteiger partial charge in [-0.1, -0.05) is 12.1 Å². The minimum Gasteiger partial charge on any atom is -0.484 e. The summed E-state index contributed by atoms with van der Waals surface area (Å²) in [5.41, 5.74) is 0.447. The highest BCUT2D eigenvalue weighted by Gasteiger charge is 2.33. The van der Waals surface area contributed by atoms with Crippen LogP contribution in [0.2, 0.25) is 0 Å². The van der Waals surface area contributed by atoms with E-state index >= 15 is 0 Å². The normalized spacial score (nSPS) is 13.3. The topological polar surface area (TPSA) is 86.7 Å². The van der Waals surface area contributed by atoms with E-state index in [1.807, 2.05) is 0 Å². The molecule has 1 fully saturated rings. The number of aliphatic hydroxyl groups excluding tert-OH is 1. The van der Waals surface area contributed by atoms with Crippen molar-refractivity contribution in [3.63, 3.8) is 0 Å². The van der Waals surface area contributed by atoms with Crippen LogP contribution in [0.3, 0.4) is 0 Å². The van der Waals surface area contributed by atoms with Crippen molar-refractivity contribution in [2.24, 2.45) is 0 Å². The van der Waals surface area contributed by atoms with Crippen molar-refractivity contribution in [2.45, 2.75) is 25.5 Å². The Morgan fingerprint density at radius 3 is 2.83 bits per heavy atom. The maximum absolute atomic E-state index is 12.4. The van der Waals surface area contributed by atoms with E-state index in [0.717, 1.165) is 12.8 Å². The molecule has 0 atom stereocenters. The average molecular weight is 326 g/mol. The van der Waals surface area contributed by atoms with Crippen molar-refractivity contribution in [1.82, 2.24) is 4.90 Å². The fraction of sp³-hybridized carbons (Fsp3) is 0.333. The first-order chi connectivity index (χ1) is 11.7. The van der Waals surface area contributed by atoms with Gasteiger partial charge in [0, 0.05) is 12.6 Å². The van der Waals surface area contributed by atoms with E-state index in [-0.39, 0.29) is 30.9 Å². The minimum atomic E-state index is -0.213. The molecule has 1 heterocycles. The summed E-state index contributed by atoms with van der Waals surface area (Å²) >= 11 is 0. The highest BCUT2D eigenvalue weighted by Crippen LogP contribution is 2.28. The van der Waals surface area contributed by atoms with Crippen LogP contribution >= 0.6 is 0 Å². The molecule has 0 unspecified atom stereocenters. The van der Waals surface area contributed by atoms with Gasteiger partial charge in [-0.15, -0.1) is 0 Å². The molecule has 24 heavy (non-hydrogen) atoms. The zero-order valence-electron chi connectivity index (χ0n) is 13.1. The highest BCUT2D eigenvalue weighted by molar-refractivity contribution is 5.92. The van der Waals surface area contributed by atoms with Crippen LogP contribution in [0.1, 0.15) is 34.7 Å². The molecule has 2 aromatic rings. The summed E-state index contributed by atoms with van der Waals surface area (Å²) in [6, 6.07) is 12.5. The van der Waals surface area contributed by atoms with Crippen molar-refractivity contribution in [1.29, 1.82) is 5.26 Å². The van der Waals surface area contributed by atoms with Gasteiger partial charge in [-0.2, -0.15) is 5.26 Å². The molecule has 1 aliphatic rings. The number of aliphatic hydroxyl groups is 1. The largest absolute Gasteiger partial charge is 0.484 e. The number of nitrogens with zero attached hydrogens (tertiary/aromatic N) is 2. The number of carbonyl (C=O) groups is 1. The zero-order valence-corrected chi connectivity index (χ0v) is 13.1. The number of nitriles is 1. The second-order valence-corrected chi connectivity index (χ2v) is 5.62. The molecule has 1 amide bonds. The van der Waals surface area contributed by atoms with E-state index in [2.05, 4.69) is 6.07 Å². The van der Waals surface area contributed by atoms with Gasteiger partial charge in [0.15, 0.2) is 5.76 Å². The predicted molar refractivity (Wildman–Crippen MR) is 85.3 cm³/mol. The van der Waals surface area contributed by atoms with Crippen LogP contribution in [-0.2, 0) is 6.61 Å². The second kappa shape index (κ2) is 7.20. The number of ether oxygens (including phenoxy) is 1. The number of hydrogen-bond acceptors (Lipinski definition) is 5. The van der Waals surface area contributed by atoms with Gasteiger partial charge in [0.1, 0.15) is 24.2 Å². The molecule has 1 aromatic carbocycles. The van der Waals surface area contributed by atoms with Gasteiger partial charge >= 0.3 is 0 Å². The van der Waals surface area contributed by atoms with Crippen LogP contribution in [0.5, 0.6) is 5.75 Å². The summed E-state index contributed by atoms with van der Waals surface area (Å²) in [5, 5.41) is 18.1.